The molecular formula is C19H27NO4S. The molecule has 0 aromatic heterocycles. The molecule has 1 saturated carbocycles. The van der Waals surface area contributed by atoms with Gasteiger partial charge in [-0.05, 0) is 37.0 Å². The molecular weight excluding hydrogens is 338 g/mol. The fourth-order valence-corrected chi connectivity index (χ4v) is 5.88. The molecule has 1 aliphatic carbocycles. The highest BCUT2D eigenvalue weighted by molar-refractivity contribution is 7.91. The normalized spacial score (nSPS) is 24.6. The summed E-state index contributed by atoms with van der Waals surface area (Å²) in [5, 5.41) is 3.07. The third-order valence-corrected chi connectivity index (χ3v) is 7.49. The molecule has 6 heteroatoms. The molecule has 0 spiro atoms. The van der Waals surface area contributed by atoms with Crippen LogP contribution < -0.4 is 10.1 Å². The second-order valence-electron chi connectivity index (χ2n) is 7.39. The Morgan fingerprint density at radius 2 is 1.88 bits per heavy atom. The van der Waals surface area contributed by atoms with Gasteiger partial charge < -0.3 is 10.1 Å². The van der Waals surface area contributed by atoms with Gasteiger partial charge in [0.2, 0.25) is 5.91 Å². The monoisotopic (exact) mass is 365 g/mol. The summed E-state index contributed by atoms with van der Waals surface area (Å²) in [6, 6.07) is 8.13. The summed E-state index contributed by atoms with van der Waals surface area (Å²) in [4.78, 5) is 12.5. The SMILES string of the molecule is COc1ccc(C2(CNC(=O)C3CCS(=O)(=O)C3)CCCCC2)cc1. The van der Waals surface area contributed by atoms with Crippen LogP contribution in [0.1, 0.15) is 44.1 Å². The molecule has 1 atom stereocenters. The second kappa shape index (κ2) is 7.36. The zero-order valence-electron chi connectivity index (χ0n) is 14.8. The maximum absolute atomic E-state index is 12.5. The van der Waals surface area contributed by atoms with Crippen molar-refractivity contribution in [3.8, 4) is 5.75 Å². The van der Waals surface area contributed by atoms with Gasteiger partial charge in [0.25, 0.3) is 0 Å². The van der Waals surface area contributed by atoms with Crippen LogP contribution >= 0.6 is 0 Å². The van der Waals surface area contributed by atoms with E-state index in [1.54, 1.807) is 7.11 Å². The van der Waals surface area contributed by atoms with Crippen LogP contribution in [0.15, 0.2) is 24.3 Å². The fourth-order valence-electron chi connectivity index (χ4n) is 4.14. The van der Waals surface area contributed by atoms with Gasteiger partial charge in [-0.3, -0.25) is 4.79 Å². The van der Waals surface area contributed by atoms with Gasteiger partial charge in [-0.2, -0.15) is 0 Å². The van der Waals surface area contributed by atoms with Crippen molar-refractivity contribution in [2.24, 2.45) is 5.92 Å². The average molecular weight is 365 g/mol. The first-order valence-electron chi connectivity index (χ1n) is 9.07. The number of nitrogens with one attached hydrogen (secondary N) is 1. The number of benzene rings is 1. The van der Waals surface area contributed by atoms with Gasteiger partial charge in [-0.25, -0.2) is 8.42 Å². The summed E-state index contributed by atoms with van der Waals surface area (Å²) in [6.07, 6.45) is 6.07. The van der Waals surface area contributed by atoms with Gasteiger partial charge in [0, 0.05) is 12.0 Å². The number of carbonyl (C=O) groups excluding carboxylic acids is 1. The number of rotatable bonds is 5. The van der Waals surface area contributed by atoms with Crippen LogP contribution in [0.2, 0.25) is 0 Å². The summed E-state index contributed by atoms with van der Waals surface area (Å²) >= 11 is 0. The highest BCUT2D eigenvalue weighted by Gasteiger charge is 2.37. The van der Waals surface area contributed by atoms with E-state index in [2.05, 4.69) is 17.4 Å². The Morgan fingerprint density at radius 3 is 2.44 bits per heavy atom. The van der Waals surface area contributed by atoms with Gasteiger partial charge >= 0.3 is 0 Å². The minimum atomic E-state index is -3.03. The lowest BCUT2D eigenvalue weighted by Gasteiger charge is -2.38. The molecule has 5 nitrogen and oxygen atoms in total. The number of sulfone groups is 1. The molecule has 0 bridgehead atoms. The standard InChI is InChI=1S/C19H27NO4S/c1-24-17-7-5-16(6-8-17)19(10-3-2-4-11-19)14-20-18(21)15-9-12-25(22,23)13-15/h5-8,15H,2-4,9-14H2,1H3,(H,20,21). The van der Waals surface area contributed by atoms with Crippen molar-refractivity contribution in [1.29, 1.82) is 0 Å². The Labute approximate surface area is 150 Å². The topological polar surface area (TPSA) is 72.5 Å². The van der Waals surface area contributed by atoms with Crippen molar-refractivity contribution < 1.29 is 17.9 Å². The highest BCUT2D eigenvalue weighted by atomic mass is 32.2. The van der Waals surface area contributed by atoms with E-state index in [9.17, 15) is 13.2 Å². The van der Waals surface area contributed by atoms with E-state index in [0.717, 1.165) is 31.4 Å². The average Bonchev–Trinajstić information content (AvgIpc) is 3.00. The van der Waals surface area contributed by atoms with Crippen molar-refractivity contribution in [2.75, 3.05) is 25.2 Å². The first-order chi connectivity index (χ1) is 11.9. The lowest BCUT2D eigenvalue weighted by molar-refractivity contribution is -0.124. The molecule has 1 aliphatic heterocycles. The Balaban J connectivity index is 1.71. The maximum Gasteiger partial charge on any atom is 0.224 e. The van der Waals surface area contributed by atoms with E-state index in [0.29, 0.717) is 13.0 Å². The molecule has 25 heavy (non-hydrogen) atoms. The zero-order chi connectivity index (χ0) is 17.9. The van der Waals surface area contributed by atoms with Crippen molar-refractivity contribution >= 4 is 15.7 Å². The van der Waals surface area contributed by atoms with Crippen LogP contribution in [0.3, 0.4) is 0 Å². The Bertz CT molecular complexity index is 705. The first-order valence-corrected chi connectivity index (χ1v) is 10.9. The third kappa shape index (κ3) is 4.17. The van der Waals surface area contributed by atoms with Crippen molar-refractivity contribution in [3.05, 3.63) is 29.8 Å². The molecule has 3 rings (SSSR count). The van der Waals surface area contributed by atoms with E-state index in [4.69, 9.17) is 4.74 Å². The third-order valence-electron chi connectivity index (χ3n) is 5.72. The number of methoxy groups -OCH3 is 1. The summed E-state index contributed by atoms with van der Waals surface area (Å²) in [6.45, 7) is 0.578. The summed E-state index contributed by atoms with van der Waals surface area (Å²) < 4.78 is 28.5. The van der Waals surface area contributed by atoms with Crippen LogP contribution in [-0.2, 0) is 20.0 Å². The molecule has 2 aliphatic rings. The van der Waals surface area contributed by atoms with Gasteiger partial charge in [-0.15, -0.1) is 0 Å². The van der Waals surface area contributed by atoms with Crippen LogP contribution in [0.25, 0.3) is 0 Å². The summed E-state index contributed by atoms with van der Waals surface area (Å²) in [5.74, 6) is 0.458. The van der Waals surface area contributed by atoms with Crippen LogP contribution in [0, 0.1) is 5.92 Å². The molecule has 138 valence electrons. The molecule has 0 radical (unpaired) electrons. The predicted octanol–water partition coefficient (Wildman–Crippen LogP) is 2.45. The molecule has 2 fully saturated rings. The van der Waals surface area contributed by atoms with E-state index < -0.39 is 9.84 Å². The first kappa shape index (κ1) is 18.2. The van der Waals surface area contributed by atoms with Crippen molar-refractivity contribution in [3.63, 3.8) is 0 Å². The van der Waals surface area contributed by atoms with Gasteiger partial charge in [0.15, 0.2) is 9.84 Å². The number of amides is 1. The lowest BCUT2D eigenvalue weighted by Crippen LogP contribution is -2.44. The second-order valence-corrected chi connectivity index (χ2v) is 9.62. The fraction of sp³-hybridized carbons (Fsp3) is 0.632. The summed E-state index contributed by atoms with van der Waals surface area (Å²) in [5.41, 5.74) is 1.17. The molecule has 1 aromatic carbocycles. The van der Waals surface area contributed by atoms with Crippen molar-refractivity contribution in [1.82, 2.24) is 5.32 Å². The molecule has 1 unspecified atom stereocenters. The van der Waals surface area contributed by atoms with E-state index in [-0.39, 0.29) is 28.7 Å². The van der Waals surface area contributed by atoms with Gasteiger partial charge in [-0.1, -0.05) is 31.4 Å². The predicted molar refractivity (Wildman–Crippen MR) is 97.5 cm³/mol. The molecule has 1 aromatic rings. The smallest absolute Gasteiger partial charge is 0.224 e. The number of carbonyl (C=O) groups is 1. The largest absolute Gasteiger partial charge is 0.497 e. The van der Waals surface area contributed by atoms with Gasteiger partial charge in [0.05, 0.1) is 24.5 Å². The minimum Gasteiger partial charge on any atom is -0.497 e. The zero-order valence-corrected chi connectivity index (χ0v) is 15.6. The number of hydrogen-bond acceptors (Lipinski definition) is 4. The number of hydrogen-bond donors (Lipinski definition) is 1. The van der Waals surface area contributed by atoms with E-state index in [1.165, 1.54) is 12.0 Å². The Hall–Kier alpha value is -1.56. The Kier molecular flexibility index (Phi) is 5.37. The molecule has 1 heterocycles. The highest BCUT2D eigenvalue weighted by Crippen LogP contribution is 2.39. The quantitative estimate of drug-likeness (QED) is 0.870. The molecule has 1 saturated heterocycles. The molecule has 1 N–H and O–H groups in total. The van der Waals surface area contributed by atoms with Crippen LogP contribution in [0.4, 0.5) is 0 Å². The van der Waals surface area contributed by atoms with Crippen molar-refractivity contribution in [2.45, 2.75) is 43.9 Å². The van der Waals surface area contributed by atoms with Crippen LogP contribution in [-0.4, -0.2) is 39.5 Å². The number of ether oxygens (including phenoxy) is 1. The van der Waals surface area contributed by atoms with Gasteiger partial charge in [0.1, 0.15) is 5.75 Å². The Morgan fingerprint density at radius 1 is 1.20 bits per heavy atom. The minimum absolute atomic E-state index is 0.00559. The van der Waals surface area contributed by atoms with E-state index >= 15 is 0 Å². The molecule has 1 amide bonds. The van der Waals surface area contributed by atoms with Crippen LogP contribution in [0.5, 0.6) is 5.75 Å². The van der Waals surface area contributed by atoms with E-state index in [1.807, 2.05) is 12.1 Å². The summed E-state index contributed by atoms with van der Waals surface area (Å²) in [7, 11) is -1.38. The maximum atomic E-state index is 12.5. The lowest BCUT2D eigenvalue weighted by atomic mass is 9.69.